The van der Waals surface area contributed by atoms with Gasteiger partial charge in [0.2, 0.25) is 0 Å². The van der Waals surface area contributed by atoms with Crippen LogP contribution >= 0.6 is 0 Å². The molecule has 7 nitrogen and oxygen atoms in total. The highest BCUT2D eigenvalue weighted by Gasteiger charge is 2.24. The molecule has 0 aromatic carbocycles. The molecule has 0 bridgehead atoms. The summed E-state index contributed by atoms with van der Waals surface area (Å²) < 4.78 is 6.93. The summed E-state index contributed by atoms with van der Waals surface area (Å²) in [7, 11) is 1.77. The molecule has 0 spiro atoms. The lowest BCUT2D eigenvalue weighted by atomic mass is 10.0. The Balaban J connectivity index is 1.93. The van der Waals surface area contributed by atoms with Gasteiger partial charge >= 0.3 is 0 Å². The maximum atomic E-state index is 13.1. The molecule has 0 radical (unpaired) electrons. The standard InChI is InChI=1S/C19H23N5O2/c1-12(2)18-15(10-21-24(18)17-8-6-7-9-20-17)19(25)23(5)11-16-13(3)22-26-14(16)4/h6-10,12H,11H2,1-5H3. The maximum Gasteiger partial charge on any atom is 0.257 e. The molecular formula is C19H23N5O2. The molecular weight excluding hydrogens is 330 g/mol. The van der Waals surface area contributed by atoms with Gasteiger partial charge in [-0.05, 0) is 31.9 Å². The molecule has 7 heteroatoms. The Kier molecular flexibility index (Phi) is 4.88. The highest BCUT2D eigenvalue weighted by Crippen LogP contribution is 2.24. The Morgan fingerprint density at radius 3 is 2.65 bits per heavy atom. The van der Waals surface area contributed by atoms with Crippen LogP contribution in [0.15, 0.2) is 35.1 Å². The van der Waals surface area contributed by atoms with E-state index in [1.54, 1.807) is 29.0 Å². The van der Waals surface area contributed by atoms with Gasteiger partial charge in [0.1, 0.15) is 5.76 Å². The molecule has 136 valence electrons. The third-order valence-corrected chi connectivity index (χ3v) is 4.37. The molecule has 3 aromatic heterocycles. The van der Waals surface area contributed by atoms with Gasteiger partial charge in [0.05, 0.1) is 29.7 Å². The van der Waals surface area contributed by atoms with Crippen molar-refractivity contribution in [2.24, 2.45) is 0 Å². The number of rotatable bonds is 5. The topological polar surface area (TPSA) is 77.0 Å². The summed E-state index contributed by atoms with van der Waals surface area (Å²) in [6.45, 7) is 8.25. The molecule has 3 rings (SSSR count). The number of carbonyl (C=O) groups is 1. The summed E-state index contributed by atoms with van der Waals surface area (Å²) in [5, 5.41) is 8.37. The van der Waals surface area contributed by atoms with Gasteiger partial charge in [-0.25, -0.2) is 9.67 Å². The Labute approximate surface area is 152 Å². The summed E-state index contributed by atoms with van der Waals surface area (Å²) in [4.78, 5) is 19.1. The number of pyridine rings is 1. The van der Waals surface area contributed by atoms with Crippen LogP contribution < -0.4 is 0 Å². The van der Waals surface area contributed by atoms with Crippen molar-refractivity contribution in [3.63, 3.8) is 0 Å². The fourth-order valence-corrected chi connectivity index (χ4v) is 2.98. The number of amides is 1. The van der Waals surface area contributed by atoms with E-state index in [1.807, 2.05) is 45.9 Å². The molecule has 1 amide bonds. The number of aromatic nitrogens is 4. The Bertz CT molecular complexity index is 892. The van der Waals surface area contributed by atoms with E-state index in [1.165, 1.54) is 0 Å². The third kappa shape index (κ3) is 3.24. The first-order valence-corrected chi connectivity index (χ1v) is 8.56. The minimum atomic E-state index is -0.0871. The van der Waals surface area contributed by atoms with Crippen molar-refractivity contribution < 1.29 is 9.32 Å². The minimum Gasteiger partial charge on any atom is -0.361 e. The van der Waals surface area contributed by atoms with Crippen LogP contribution in [0.1, 0.15) is 52.8 Å². The highest BCUT2D eigenvalue weighted by atomic mass is 16.5. The highest BCUT2D eigenvalue weighted by molar-refractivity contribution is 5.95. The SMILES string of the molecule is Cc1noc(C)c1CN(C)C(=O)c1cnn(-c2ccccn2)c1C(C)C. The average molecular weight is 353 g/mol. The van der Waals surface area contributed by atoms with Gasteiger partial charge in [-0.15, -0.1) is 0 Å². The van der Waals surface area contributed by atoms with Gasteiger partial charge in [0.25, 0.3) is 5.91 Å². The predicted molar refractivity (Wildman–Crippen MR) is 97.2 cm³/mol. The lowest BCUT2D eigenvalue weighted by molar-refractivity contribution is 0.0783. The van der Waals surface area contributed by atoms with Crippen molar-refractivity contribution in [2.45, 2.75) is 40.2 Å². The van der Waals surface area contributed by atoms with E-state index in [0.717, 1.165) is 22.7 Å². The van der Waals surface area contributed by atoms with Crippen molar-refractivity contribution in [3.05, 3.63) is 58.9 Å². The molecule has 3 heterocycles. The first-order chi connectivity index (χ1) is 12.4. The van der Waals surface area contributed by atoms with Crippen LogP contribution in [0.25, 0.3) is 5.82 Å². The number of hydrogen-bond donors (Lipinski definition) is 0. The van der Waals surface area contributed by atoms with Gasteiger partial charge in [0.15, 0.2) is 5.82 Å². The smallest absolute Gasteiger partial charge is 0.257 e. The fourth-order valence-electron chi connectivity index (χ4n) is 2.98. The number of aryl methyl sites for hydroxylation is 2. The van der Waals surface area contributed by atoms with Crippen molar-refractivity contribution in [2.75, 3.05) is 7.05 Å². The van der Waals surface area contributed by atoms with Gasteiger partial charge in [-0.1, -0.05) is 25.1 Å². The normalized spacial score (nSPS) is 11.2. The monoisotopic (exact) mass is 353 g/mol. The lowest BCUT2D eigenvalue weighted by Gasteiger charge is -2.18. The van der Waals surface area contributed by atoms with Crippen molar-refractivity contribution in [3.8, 4) is 5.82 Å². The second-order valence-electron chi connectivity index (χ2n) is 6.66. The zero-order valence-corrected chi connectivity index (χ0v) is 15.7. The van der Waals surface area contributed by atoms with Gasteiger partial charge < -0.3 is 9.42 Å². The van der Waals surface area contributed by atoms with Gasteiger partial charge in [0, 0.05) is 18.8 Å². The molecule has 0 aliphatic carbocycles. The zero-order chi connectivity index (χ0) is 18.8. The molecule has 0 fully saturated rings. The number of carbonyl (C=O) groups excluding carboxylic acids is 1. The molecule has 0 aliphatic heterocycles. The molecule has 0 atom stereocenters. The molecule has 0 saturated heterocycles. The largest absolute Gasteiger partial charge is 0.361 e. The Morgan fingerprint density at radius 1 is 1.31 bits per heavy atom. The summed E-state index contributed by atoms with van der Waals surface area (Å²) in [6, 6.07) is 5.63. The van der Waals surface area contributed by atoms with E-state index in [4.69, 9.17) is 4.52 Å². The maximum absolute atomic E-state index is 13.1. The number of hydrogen-bond acceptors (Lipinski definition) is 5. The molecule has 26 heavy (non-hydrogen) atoms. The van der Waals surface area contributed by atoms with E-state index in [9.17, 15) is 4.79 Å². The summed E-state index contributed by atoms with van der Waals surface area (Å²) in [5.74, 6) is 1.46. The fraction of sp³-hybridized carbons (Fsp3) is 0.368. The summed E-state index contributed by atoms with van der Waals surface area (Å²) in [6.07, 6.45) is 3.34. The van der Waals surface area contributed by atoms with E-state index in [2.05, 4.69) is 15.2 Å². The lowest BCUT2D eigenvalue weighted by Crippen LogP contribution is -2.27. The van der Waals surface area contributed by atoms with Crippen LogP contribution in [0.5, 0.6) is 0 Å². The second-order valence-corrected chi connectivity index (χ2v) is 6.66. The zero-order valence-electron chi connectivity index (χ0n) is 15.7. The quantitative estimate of drug-likeness (QED) is 0.703. The Hall–Kier alpha value is -2.96. The Morgan fingerprint density at radius 2 is 2.08 bits per heavy atom. The number of nitrogens with zero attached hydrogens (tertiary/aromatic N) is 5. The van der Waals surface area contributed by atoms with Crippen molar-refractivity contribution in [1.82, 2.24) is 24.8 Å². The van der Waals surface area contributed by atoms with E-state index in [0.29, 0.717) is 17.9 Å². The molecule has 0 N–H and O–H groups in total. The van der Waals surface area contributed by atoms with E-state index in [-0.39, 0.29) is 11.8 Å². The molecule has 3 aromatic rings. The van der Waals surface area contributed by atoms with Crippen LogP contribution in [0.3, 0.4) is 0 Å². The van der Waals surface area contributed by atoms with Crippen LogP contribution in [-0.4, -0.2) is 37.8 Å². The van der Waals surface area contributed by atoms with Crippen LogP contribution in [0, 0.1) is 13.8 Å². The molecule has 0 saturated carbocycles. The summed E-state index contributed by atoms with van der Waals surface area (Å²) in [5.41, 5.74) is 3.17. The van der Waals surface area contributed by atoms with Gasteiger partial charge in [-0.2, -0.15) is 5.10 Å². The first kappa shape index (κ1) is 17.8. The van der Waals surface area contributed by atoms with Crippen molar-refractivity contribution >= 4 is 5.91 Å². The predicted octanol–water partition coefficient (Wildman–Crippen LogP) is 3.27. The molecule has 0 unspecified atom stereocenters. The van der Waals surface area contributed by atoms with Crippen LogP contribution in [-0.2, 0) is 6.54 Å². The van der Waals surface area contributed by atoms with Crippen LogP contribution in [0.2, 0.25) is 0 Å². The average Bonchev–Trinajstić information content (AvgIpc) is 3.21. The van der Waals surface area contributed by atoms with E-state index < -0.39 is 0 Å². The van der Waals surface area contributed by atoms with Gasteiger partial charge in [-0.3, -0.25) is 4.79 Å². The van der Waals surface area contributed by atoms with Crippen molar-refractivity contribution in [1.29, 1.82) is 0 Å². The second kappa shape index (κ2) is 7.11. The molecule has 0 aliphatic rings. The van der Waals surface area contributed by atoms with E-state index >= 15 is 0 Å². The first-order valence-electron chi connectivity index (χ1n) is 8.56. The minimum absolute atomic E-state index is 0.0871. The summed E-state index contributed by atoms with van der Waals surface area (Å²) >= 11 is 0. The third-order valence-electron chi connectivity index (χ3n) is 4.37. The van der Waals surface area contributed by atoms with Crippen LogP contribution in [0.4, 0.5) is 0 Å².